The lowest BCUT2D eigenvalue weighted by atomic mass is 10.0. The lowest BCUT2D eigenvalue weighted by molar-refractivity contribution is 0.394. The first-order valence-electron chi connectivity index (χ1n) is 7.02. The SMILES string of the molecule is COc1ccc(F)cc1C(C)NC(C)c1cn(C)nc1C. The average Bonchev–Trinajstić information content (AvgIpc) is 2.77. The number of halogens is 1. The van der Waals surface area contributed by atoms with Gasteiger partial charge in [-0.3, -0.25) is 4.68 Å². The van der Waals surface area contributed by atoms with Gasteiger partial charge >= 0.3 is 0 Å². The number of aryl methyl sites for hydroxylation is 2. The van der Waals surface area contributed by atoms with Crippen LogP contribution in [0.5, 0.6) is 5.75 Å². The van der Waals surface area contributed by atoms with E-state index in [1.54, 1.807) is 17.9 Å². The van der Waals surface area contributed by atoms with Crippen molar-refractivity contribution in [1.82, 2.24) is 15.1 Å². The Morgan fingerprint density at radius 3 is 2.48 bits per heavy atom. The maximum absolute atomic E-state index is 13.5. The zero-order valence-corrected chi connectivity index (χ0v) is 13.1. The molecule has 0 spiro atoms. The Balaban J connectivity index is 2.19. The van der Waals surface area contributed by atoms with E-state index in [0.29, 0.717) is 5.75 Å². The van der Waals surface area contributed by atoms with Crippen molar-refractivity contribution in [2.75, 3.05) is 7.11 Å². The maximum Gasteiger partial charge on any atom is 0.123 e. The summed E-state index contributed by atoms with van der Waals surface area (Å²) < 4.78 is 20.6. The van der Waals surface area contributed by atoms with Crippen molar-refractivity contribution in [3.05, 3.63) is 47.0 Å². The van der Waals surface area contributed by atoms with E-state index in [4.69, 9.17) is 4.74 Å². The van der Waals surface area contributed by atoms with Crippen molar-refractivity contribution in [2.24, 2.45) is 7.05 Å². The second-order valence-corrected chi connectivity index (χ2v) is 5.34. The van der Waals surface area contributed by atoms with Crippen LogP contribution in [-0.2, 0) is 7.05 Å². The van der Waals surface area contributed by atoms with Gasteiger partial charge in [0, 0.05) is 36.5 Å². The molecule has 0 bridgehead atoms. The highest BCUT2D eigenvalue weighted by Gasteiger charge is 2.18. The fraction of sp³-hybridized carbons (Fsp3) is 0.438. The zero-order chi connectivity index (χ0) is 15.6. The van der Waals surface area contributed by atoms with Crippen LogP contribution in [0.4, 0.5) is 4.39 Å². The molecule has 0 aliphatic carbocycles. The minimum Gasteiger partial charge on any atom is -0.496 e. The molecule has 114 valence electrons. The van der Waals surface area contributed by atoms with Gasteiger partial charge in [-0.15, -0.1) is 0 Å². The molecule has 0 saturated carbocycles. The highest BCUT2D eigenvalue weighted by atomic mass is 19.1. The van der Waals surface area contributed by atoms with E-state index < -0.39 is 0 Å². The van der Waals surface area contributed by atoms with Crippen LogP contribution in [0.25, 0.3) is 0 Å². The third-order valence-electron chi connectivity index (χ3n) is 3.68. The van der Waals surface area contributed by atoms with Gasteiger partial charge in [0.05, 0.1) is 12.8 Å². The molecule has 1 aromatic heterocycles. The average molecular weight is 291 g/mol. The summed E-state index contributed by atoms with van der Waals surface area (Å²) in [5, 5.41) is 7.82. The Hall–Kier alpha value is -1.88. The van der Waals surface area contributed by atoms with E-state index >= 15 is 0 Å². The van der Waals surface area contributed by atoms with Crippen LogP contribution in [0.1, 0.15) is 42.8 Å². The smallest absolute Gasteiger partial charge is 0.123 e. The highest BCUT2D eigenvalue weighted by molar-refractivity contribution is 5.36. The van der Waals surface area contributed by atoms with Gasteiger partial charge in [-0.05, 0) is 39.0 Å². The van der Waals surface area contributed by atoms with Crippen molar-refractivity contribution in [2.45, 2.75) is 32.9 Å². The minimum absolute atomic E-state index is 0.0368. The van der Waals surface area contributed by atoms with Crippen molar-refractivity contribution in [3.8, 4) is 5.75 Å². The van der Waals surface area contributed by atoms with Crippen LogP contribution in [0.2, 0.25) is 0 Å². The van der Waals surface area contributed by atoms with Gasteiger partial charge in [0.25, 0.3) is 0 Å². The van der Waals surface area contributed by atoms with Crippen molar-refractivity contribution in [1.29, 1.82) is 0 Å². The van der Waals surface area contributed by atoms with E-state index in [1.807, 2.05) is 27.1 Å². The first-order valence-corrected chi connectivity index (χ1v) is 7.02. The molecule has 2 atom stereocenters. The highest BCUT2D eigenvalue weighted by Crippen LogP contribution is 2.28. The molecule has 5 heteroatoms. The summed E-state index contributed by atoms with van der Waals surface area (Å²) in [5.41, 5.74) is 2.95. The second-order valence-electron chi connectivity index (χ2n) is 5.34. The summed E-state index contributed by atoms with van der Waals surface area (Å²) in [6.45, 7) is 6.06. The molecular formula is C16H22FN3O. The van der Waals surface area contributed by atoms with Gasteiger partial charge in [-0.25, -0.2) is 4.39 Å². The third-order valence-corrected chi connectivity index (χ3v) is 3.68. The lowest BCUT2D eigenvalue weighted by Crippen LogP contribution is -2.23. The molecule has 1 aromatic carbocycles. The fourth-order valence-electron chi connectivity index (χ4n) is 2.64. The number of nitrogens with zero attached hydrogens (tertiary/aromatic N) is 2. The van der Waals surface area contributed by atoms with Crippen LogP contribution in [-0.4, -0.2) is 16.9 Å². The molecule has 1 N–H and O–H groups in total. The van der Waals surface area contributed by atoms with Gasteiger partial charge in [0.1, 0.15) is 11.6 Å². The van der Waals surface area contributed by atoms with E-state index in [-0.39, 0.29) is 17.9 Å². The van der Waals surface area contributed by atoms with Crippen LogP contribution >= 0.6 is 0 Å². The van der Waals surface area contributed by atoms with E-state index in [9.17, 15) is 4.39 Å². The zero-order valence-electron chi connectivity index (χ0n) is 13.1. The first-order chi connectivity index (χ1) is 9.92. The number of aromatic nitrogens is 2. The monoisotopic (exact) mass is 291 g/mol. The van der Waals surface area contributed by atoms with E-state index in [0.717, 1.165) is 16.8 Å². The standard InChI is InChI=1S/C16H22FN3O/c1-10(14-8-13(17)6-7-16(14)21-5)18-11(2)15-9-20(4)19-12(15)3/h6-11,18H,1-5H3. The number of ether oxygens (including phenoxy) is 1. The predicted octanol–water partition coefficient (Wildman–Crippen LogP) is 3.29. The molecule has 4 nitrogen and oxygen atoms in total. The molecule has 2 rings (SSSR count). The quantitative estimate of drug-likeness (QED) is 0.919. The van der Waals surface area contributed by atoms with Crippen LogP contribution in [0, 0.1) is 12.7 Å². The van der Waals surface area contributed by atoms with Crippen LogP contribution in [0.15, 0.2) is 24.4 Å². The Kier molecular flexibility index (Phi) is 4.63. The summed E-state index contributed by atoms with van der Waals surface area (Å²) in [6.07, 6.45) is 2.00. The third kappa shape index (κ3) is 3.42. The molecule has 0 fully saturated rings. The largest absolute Gasteiger partial charge is 0.496 e. The summed E-state index contributed by atoms with van der Waals surface area (Å²) in [6, 6.07) is 4.65. The summed E-state index contributed by atoms with van der Waals surface area (Å²) in [5.74, 6) is 0.427. The van der Waals surface area contributed by atoms with E-state index in [2.05, 4.69) is 17.3 Å². The molecule has 2 unspecified atom stereocenters. The summed E-state index contributed by atoms with van der Waals surface area (Å²) in [4.78, 5) is 0. The van der Waals surface area contributed by atoms with Crippen LogP contribution < -0.4 is 10.1 Å². The Labute approximate surface area is 124 Å². The normalized spacial score (nSPS) is 14.0. The topological polar surface area (TPSA) is 39.1 Å². The number of hydrogen-bond acceptors (Lipinski definition) is 3. The predicted molar refractivity (Wildman–Crippen MR) is 80.9 cm³/mol. The first kappa shape index (κ1) is 15.5. The number of hydrogen-bond donors (Lipinski definition) is 1. The van der Waals surface area contributed by atoms with Crippen LogP contribution in [0.3, 0.4) is 0 Å². The molecule has 0 saturated heterocycles. The van der Waals surface area contributed by atoms with Gasteiger partial charge in [0.15, 0.2) is 0 Å². The molecule has 1 heterocycles. The lowest BCUT2D eigenvalue weighted by Gasteiger charge is -2.22. The second kappa shape index (κ2) is 6.26. The minimum atomic E-state index is -0.260. The molecule has 21 heavy (non-hydrogen) atoms. The van der Waals surface area contributed by atoms with Gasteiger partial charge in [0.2, 0.25) is 0 Å². The number of benzene rings is 1. The maximum atomic E-state index is 13.5. The van der Waals surface area contributed by atoms with Crippen molar-refractivity contribution in [3.63, 3.8) is 0 Å². The number of methoxy groups -OCH3 is 1. The molecule has 0 aliphatic heterocycles. The Morgan fingerprint density at radius 1 is 1.24 bits per heavy atom. The van der Waals surface area contributed by atoms with Gasteiger partial charge < -0.3 is 10.1 Å². The van der Waals surface area contributed by atoms with Gasteiger partial charge in [-0.2, -0.15) is 5.10 Å². The molecule has 2 aromatic rings. The number of nitrogens with one attached hydrogen (secondary N) is 1. The Bertz CT molecular complexity index is 624. The van der Waals surface area contributed by atoms with Crippen molar-refractivity contribution < 1.29 is 9.13 Å². The number of rotatable bonds is 5. The van der Waals surface area contributed by atoms with E-state index in [1.165, 1.54) is 12.1 Å². The molecule has 0 amide bonds. The van der Waals surface area contributed by atoms with Gasteiger partial charge in [-0.1, -0.05) is 0 Å². The summed E-state index contributed by atoms with van der Waals surface area (Å²) in [7, 11) is 3.50. The molecule has 0 radical (unpaired) electrons. The summed E-state index contributed by atoms with van der Waals surface area (Å²) >= 11 is 0. The van der Waals surface area contributed by atoms with Crippen molar-refractivity contribution >= 4 is 0 Å². The Morgan fingerprint density at radius 2 is 1.90 bits per heavy atom. The molecule has 0 aliphatic rings. The fourth-order valence-corrected chi connectivity index (χ4v) is 2.64. The molecular weight excluding hydrogens is 269 g/mol.